The van der Waals surface area contributed by atoms with Crippen LogP contribution in [0, 0.1) is 0 Å². The molecule has 0 heterocycles. The van der Waals surface area contributed by atoms with Gasteiger partial charge in [0.15, 0.2) is 0 Å². The molecule has 0 aliphatic heterocycles. The second kappa shape index (κ2) is 6.08. The maximum atomic E-state index is 11.5. The Morgan fingerprint density at radius 2 is 1.64 bits per heavy atom. The van der Waals surface area contributed by atoms with Crippen LogP contribution in [0.1, 0.15) is 27.2 Å². The summed E-state index contributed by atoms with van der Waals surface area (Å²) < 4.78 is 0. The number of hydrogen-bond donors (Lipinski definition) is 0. The molecule has 0 rings (SSSR count). The van der Waals surface area contributed by atoms with Gasteiger partial charge in [-0.3, -0.25) is 0 Å². The van der Waals surface area contributed by atoms with Crippen LogP contribution in [0.2, 0.25) is 13.1 Å². The summed E-state index contributed by atoms with van der Waals surface area (Å²) in [5, 5.41) is 1.12. The molecule has 1 nitrogen and oxygen atoms in total. The van der Waals surface area contributed by atoms with E-state index in [0.29, 0.717) is 0 Å². The topological polar surface area (TPSA) is 23.1 Å². The van der Waals surface area contributed by atoms with E-state index in [1.807, 2.05) is 20.0 Å². The minimum Gasteiger partial charge on any atom is -0.855 e. The van der Waals surface area contributed by atoms with Crippen molar-refractivity contribution in [2.45, 2.75) is 40.3 Å². The summed E-state index contributed by atoms with van der Waals surface area (Å²) in [4.78, 5) is 11.5. The van der Waals surface area contributed by atoms with Crippen molar-refractivity contribution in [2.75, 3.05) is 0 Å². The van der Waals surface area contributed by atoms with Gasteiger partial charge in [-0.05, 0) is 28.6 Å². The van der Waals surface area contributed by atoms with E-state index in [2.05, 4.69) is 13.8 Å². The molecule has 0 saturated carbocycles. The van der Waals surface area contributed by atoms with Gasteiger partial charge in [-0.2, -0.15) is 0 Å². The van der Waals surface area contributed by atoms with E-state index in [-0.39, 0.29) is 51.4 Å². The zero-order chi connectivity index (χ0) is 8.36. The van der Waals surface area contributed by atoms with Crippen LogP contribution in [0.3, 0.4) is 0 Å². The average molecular weight is 196 g/mol. The van der Waals surface area contributed by atoms with Gasteiger partial charge in [-0.1, -0.05) is 25.6 Å². The van der Waals surface area contributed by atoms with Crippen molar-refractivity contribution in [3.8, 4) is 0 Å². The Labute approximate surface area is 114 Å². The van der Waals surface area contributed by atoms with E-state index >= 15 is 0 Å². The van der Waals surface area contributed by atoms with E-state index in [4.69, 9.17) is 0 Å². The van der Waals surface area contributed by atoms with Crippen LogP contribution in [0.4, 0.5) is 0 Å². The Bertz CT molecular complexity index is 147. The summed E-state index contributed by atoms with van der Waals surface area (Å²) in [6.45, 7) is 9.84. The molecule has 11 heavy (non-hydrogen) atoms. The fourth-order valence-electron chi connectivity index (χ4n) is 0.779. The molecule has 0 saturated heterocycles. The largest absolute Gasteiger partial charge is 1.00 e. The molecule has 0 aromatic carbocycles. The van der Waals surface area contributed by atoms with Crippen LogP contribution in [0.5, 0.6) is 0 Å². The zero-order valence-electron chi connectivity index (χ0n) is 8.62. The quantitative estimate of drug-likeness (QED) is 0.511. The molecule has 0 unspecified atom stereocenters. The molecule has 0 aliphatic rings. The molecule has 3 heteroatoms. The molecule has 60 valence electrons. The Balaban J connectivity index is 0. The van der Waals surface area contributed by atoms with Crippen LogP contribution in [-0.2, 0) is 0 Å². The Kier molecular flexibility index (Phi) is 8.31. The summed E-state index contributed by atoms with van der Waals surface area (Å²) in [5.41, 5.74) is 1.28. The SMILES string of the molecule is CC/C(C)=C(/C)[Si](C)(C)[O-].[K+]. The predicted octanol–water partition coefficient (Wildman–Crippen LogP) is -1.16. The Morgan fingerprint density at radius 1 is 1.27 bits per heavy atom. The number of rotatable bonds is 2. The van der Waals surface area contributed by atoms with Gasteiger partial charge >= 0.3 is 51.4 Å². The predicted molar refractivity (Wildman–Crippen MR) is 46.1 cm³/mol. The van der Waals surface area contributed by atoms with Crippen molar-refractivity contribution in [2.24, 2.45) is 0 Å². The van der Waals surface area contributed by atoms with E-state index in [1.165, 1.54) is 5.57 Å². The van der Waals surface area contributed by atoms with Crippen molar-refractivity contribution >= 4 is 8.32 Å². The van der Waals surface area contributed by atoms with E-state index in [0.717, 1.165) is 11.6 Å². The fourth-order valence-corrected chi connectivity index (χ4v) is 1.98. The van der Waals surface area contributed by atoms with Crippen LogP contribution in [0.25, 0.3) is 0 Å². The summed E-state index contributed by atoms with van der Waals surface area (Å²) in [6.07, 6.45) is 1.02. The molecule has 0 spiro atoms. The van der Waals surface area contributed by atoms with Crippen molar-refractivity contribution < 1.29 is 56.2 Å². The summed E-state index contributed by atoms with van der Waals surface area (Å²) in [7, 11) is -2.22. The molecule has 0 aromatic rings. The second-order valence-corrected chi connectivity index (χ2v) is 7.04. The molecular weight excluding hydrogens is 179 g/mol. The number of allylic oxidation sites excluding steroid dienone is 2. The van der Waals surface area contributed by atoms with Gasteiger partial charge < -0.3 is 4.80 Å². The molecule has 0 N–H and O–H groups in total. The van der Waals surface area contributed by atoms with Gasteiger partial charge in [-0.15, -0.1) is 5.20 Å². The van der Waals surface area contributed by atoms with Gasteiger partial charge in [0, 0.05) is 0 Å². The fraction of sp³-hybridized carbons (Fsp3) is 0.750. The second-order valence-electron chi connectivity index (χ2n) is 3.27. The van der Waals surface area contributed by atoms with Crippen molar-refractivity contribution in [1.29, 1.82) is 0 Å². The first-order chi connectivity index (χ1) is 4.39. The van der Waals surface area contributed by atoms with E-state index < -0.39 is 8.32 Å². The molecule has 0 atom stereocenters. The van der Waals surface area contributed by atoms with Gasteiger partial charge in [0.1, 0.15) is 0 Å². The first-order valence-electron chi connectivity index (χ1n) is 3.76. The van der Waals surface area contributed by atoms with Gasteiger partial charge in [0.05, 0.1) is 0 Å². The standard InChI is InChI=1S/C8H17OSi.K/c1-6-7(2)8(3)10(4,5)9;/h6H2,1-5H3;/q-1;+1/b8-7-;. The zero-order valence-corrected chi connectivity index (χ0v) is 12.7. The summed E-state index contributed by atoms with van der Waals surface area (Å²) >= 11 is 0. The molecule has 0 radical (unpaired) electrons. The first kappa shape index (κ1) is 15.0. The normalized spacial score (nSPS) is 13.6. The molecule has 0 fully saturated rings. The maximum Gasteiger partial charge on any atom is 1.00 e. The third-order valence-electron chi connectivity index (χ3n) is 2.07. The van der Waals surface area contributed by atoms with Crippen LogP contribution in [-0.4, -0.2) is 8.32 Å². The average Bonchev–Trinajstić information content (AvgIpc) is 1.83. The third kappa shape index (κ3) is 5.74. The molecule has 0 aromatic heterocycles. The van der Waals surface area contributed by atoms with Gasteiger partial charge in [0.25, 0.3) is 0 Å². The minimum absolute atomic E-state index is 0. The maximum absolute atomic E-state index is 11.5. The summed E-state index contributed by atoms with van der Waals surface area (Å²) in [6, 6.07) is 0. The van der Waals surface area contributed by atoms with E-state index in [1.54, 1.807) is 0 Å². The van der Waals surface area contributed by atoms with E-state index in [9.17, 15) is 4.80 Å². The van der Waals surface area contributed by atoms with Crippen molar-refractivity contribution in [3.05, 3.63) is 10.8 Å². The third-order valence-corrected chi connectivity index (χ3v) is 4.31. The Hall–Kier alpha value is 1.55. The van der Waals surface area contributed by atoms with Gasteiger partial charge in [0.2, 0.25) is 0 Å². The first-order valence-corrected chi connectivity index (χ1v) is 6.67. The van der Waals surface area contributed by atoms with Crippen LogP contribution >= 0.6 is 0 Å². The van der Waals surface area contributed by atoms with Crippen LogP contribution in [0.15, 0.2) is 10.8 Å². The number of hydrogen-bond acceptors (Lipinski definition) is 1. The smallest absolute Gasteiger partial charge is 0.855 e. The van der Waals surface area contributed by atoms with Crippen molar-refractivity contribution in [1.82, 2.24) is 0 Å². The Morgan fingerprint density at radius 3 is 1.73 bits per heavy atom. The summed E-state index contributed by atoms with van der Waals surface area (Å²) in [5.74, 6) is 0. The molecule has 0 bridgehead atoms. The monoisotopic (exact) mass is 196 g/mol. The van der Waals surface area contributed by atoms with Crippen LogP contribution < -0.4 is 56.2 Å². The molecule has 0 aliphatic carbocycles. The molecule has 0 amide bonds. The van der Waals surface area contributed by atoms with Crippen molar-refractivity contribution in [3.63, 3.8) is 0 Å². The minimum atomic E-state index is -2.22. The van der Waals surface area contributed by atoms with Gasteiger partial charge in [-0.25, -0.2) is 0 Å². The molecular formula is C8H17KOSi.